The monoisotopic (exact) mass is 302 g/mol. The summed E-state index contributed by atoms with van der Waals surface area (Å²) in [7, 11) is 0. The third kappa shape index (κ3) is 5.35. The van der Waals surface area contributed by atoms with Gasteiger partial charge in [0.2, 0.25) is 5.88 Å². The number of para-hydroxylation sites is 1. The molecule has 110 valence electrons. The quantitative estimate of drug-likeness (QED) is 0.827. The highest BCUT2D eigenvalue weighted by Gasteiger charge is 2.03. The molecule has 0 aliphatic heterocycles. The van der Waals surface area contributed by atoms with Gasteiger partial charge in [0, 0.05) is 12.6 Å². The van der Waals surface area contributed by atoms with Crippen LogP contribution in [-0.2, 0) is 0 Å². The molecule has 0 unspecified atom stereocenters. The largest absolute Gasteiger partial charge is 0.438 e. The number of thiocarbonyl (C=S) groups is 1. The smallest absolute Gasteiger partial charge is 0.238 e. The summed E-state index contributed by atoms with van der Waals surface area (Å²) in [5.41, 5.74) is 0. The highest BCUT2D eigenvalue weighted by Crippen LogP contribution is 2.18. The van der Waals surface area contributed by atoms with Gasteiger partial charge < -0.3 is 15.4 Å². The Labute approximate surface area is 129 Å². The lowest BCUT2D eigenvalue weighted by molar-refractivity contribution is 0.455. The average Bonchev–Trinajstić information content (AvgIpc) is 2.48. The molecule has 2 rings (SSSR count). The van der Waals surface area contributed by atoms with Gasteiger partial charge in [-0.3, -0.25) is 0 Å². The minimum Gasteiger partial charge on any atom is -0.438 e. The van der Waals surface area contributed by atoms with Crippen LogP contribution in [0, 0.1) is 5.92 Å². The van der Waals surface area contributed by atoms with E-state index < -0.39 is 0 Å². The fraction of sp³-hybridized carbons (Fsp3) is 0.267. The summed E-state index contributed by atoms with van der Waals surface area (Å²) in [6.07, 6.45) is 0. The second-order valence-electron chi connectivity index (χ2n) is 4.90. The molecule has 21 heavy (non-hydrogen) atoms. The molecule has 0 amide bonds. The molecule has 0 aliphatic carbocycles. The molecule has 0 saturated carbocycles. The van der Waals surface area contributed by atoms with Crippen molar-refractivity contribution >= 4 is 23.1 Å². The van der Waals surface area contributed by atoms with E-state index in [4.69, 9.17) is 17.0 Å². The van der Waals surface area contributed by atoms with Crippen molar-refractivity contribution in [1.82, 2.24) is 15.5 Å². The van der Waals surface area contributed by atoms with Crippen molar-refractivity contribution in [2.45, 2.75) is 13.8 Å². The molecular weight excluding hydrogens is 284 g/mol. The number of aromatic nitrogens is 2. The SMILES string of the molecule is CC(C)CNC(=S)Nc1ccc(Oc2ccccc2)nn1. The van der Waals surface area contributed by atoms with Gasteiger partial charge in [0.15, 0.2) is 10.9 Å². The minimum atomic E-state index is 0.438. The van der Waals surface area contributed by atoms with Crippen LogP contribution in [0.3, 0.4) is 0 Å². The molecule has 0 spiro atoms. The molecule has 2 aromatic rings. The number of benzene rings is 1. The normalized spacial score (nSPS) is 10.2. The number of hydrogen-bond donors (Lipinski definition) is 2. The first-order chi connectivity index (χ1) is 10.1. The van der Waals surface area contributed by atoms with Crippen LogP contribution >= 0.6 is 12.2 Å². The summed E-state index contributed by atoms with van der Waals surface area (Å²) in [5, 5.41) is 14.7. The predicted molar refractivity (Wildman–Crippen MR) is 87.6 cm³/mol. The first-order valence-electron chi connectivity index (χ1n) is 6.75. The zero-order chi connectivity index (χ0) is 15.1. The van der Waals surface area contributed by atoms with Gasteiger partial charge in [-0.05, 0) is 36.3 Å². The lowest BCUT2D eigenvalue weighted by Gasteiger charge is -2.11. The number of hydrogen-bond acceptors (Lipinski definition) is 4. The van der Waals surface area contributed by atoms with Gasteiger partial charge in [0.1, 0.15) is 5.75 Å². The number of nitrogens with zero attached hydrogens (tertiary/aromatic N) is 2. The lowest BCUT2D eigenvalue weighted by atomic mass is 10.2. The van der Waals surface area contributed by atoms with Crippen LogP contribution in [0.2, 0.25) is 0 Å². The molecule has 0 aliphatic rings. The van der Waals surface area contributed by atoms with Gasteiger partial charge in [-0.15, -0.1) is 10.2 Å². The molecule has 1 aromatic carbocycles. The first kappa shape index (κ1) is 15.2. The molecule has 1 aromatic heterocycles. The third-order valence-electron chi connectivity index (χ3n) is 2.52. The van der Waals surface area contributed by atoms with Crippen LogP contribution in [0.1, 0.15) is 13.8 Å². The summed E-state index contributed by atoms with van der Waals surface area (Å²) in [6.45, 7) is 5.05. The third-order valence-corrected chi connectivity index (χ3v) is 2.76. The van der Waals surface area contributed by atoms with Crippen molar-refractivity contribution in [2.24, 2.45) is 5.92 Å². The summed E-state index contributed by atoms with van der Waals surface area (Å²) >= 11 is 5.17. The maximum atomic E-state index is 5.57. The molecule has 0 atom stereocenters. The van der Waals surface area contributed by atoms with E-state index in [0.29, 0.717) is 22.7 Å². The highest BCUT2D eigenvalue weighted by molar-refractivity contribution is 7.80. The molecule has 0 fully saturated rings. The summed E-state index contributed by atoms with van der Waals surface area (Å²) in [6, 6.07) is 13.0. The summed E-state index contributed by atoms with van der Waals surface area (Å²) in [4.78, 5) is 0. The number of nitrogens with one attached hydrogen (secondary N) is 2. The van der Waals surface area contributed by atoms with E-state index in [-0.39, 0.29) is 0 Å². The van der Waals surface area contributed by atoms with Crippen LogP contribution in [0.4, 0.5) is 5.82 Å². The van der Waals surface area contributed by atoms with Gasteiger partial charge in [0.25, 0.3) is 0 Å². The zero-order valence-electron chi connectivity index (χ0n) is 12.0. The van der Waals surface area contributed by atoms with E-state index in [9.17, 15) is 0 Å². The van der Waals surface area contributed by atoms with E-state index >= 15 is 0 Å². The number of anilines is 1. The highest BCUT2D eigenvalue weighted by atomic mass is 32.1. The zero-order valence-corrected chi connectivity index (χ0v) is 12.9. The van der Waals surface area contributed by atoms with Gasteiger partial charge >= 0.3 is 0 Å². The lowest BCUT2D eigenvalue weighted by Crippen LogP contribution is -2.31. The minimum absolute atomic E-state index is 0.438. The Hall–Kier alpha value is -2.21. The summed E-state index contributed by atoms with van der Waals surface area (Å²) in [5.74, 6) is 2.27. The van der Waals surface area contributed by atoms with Crippen LogP contribution in [0.15, 0.2) is 42.5 Å². The van der Waals surface area contributed by atoms with E-state index in [1.54, 1.807) is 12.1 Å². The molecule has 1 heterocycles. The van der Waals surface area contributed by atoms with Gasteiger partial charge in [-0.25, -0.2) is 0 Å². The van der Waals surface area contributed by atoms with Crippen LogP contribution in [0.25, 0.3) is 0 Å². The van der Waals surface area contributed by atoms with Gasteiger partial charge in [-0.1, -0.05) is 32.0 Å². The Bertz CT molecular complexity index is 572. The molecule has 6 heteroatoms. The second kappa shape index (κ2) is 7.54. The van der Waals surface area contributed by atoms with E-state index in [0.717, 1.165) is 12.3 Å². The van der Waals surface area contributed by atoms with Gasteiger partial charge in [-0.2, -0.15) is 0 Å². The van der Waals surface area contributed by atoms with E-state index in [1.165, 1.54) is 0 Å². The maximum absolute atomic E-state index is 5.57. The van der Waals surface area contributed by atoms with Crippen molar-refractivity contribution in [1.29, 1.82) is 0 Å². The fourth-order valence-corrected chi connectivity index (χ4v) is 1.70. The molecule has 2 N–H and O–H groups in total. The molecule has 5 nitrogen and oxygen atoms in total. The van der Waals surface area contributed by atoms with Crippen LogP contribution in [0.5, 0.6) is 11.6 Å². The second-order valence-corrected chi connectivity index (χ2v) is 5.31. The number of rotatable bonds is 5. The van der Waals surface area contributed by atoms with Crippen molar-refractivity contribution < 1.29 is 4.74 Å². The Morgan fingerprint density at radius 1 is 1.14 bits per heavy atom. The molecule has 0 radical (unpaired) electrons. The molecule has 0 saturated heterocycles. The molecule has 0 bridgehead atoms. The van der Waals surface area contributed by atoms with Crippen molar-refractivity contribution in [3.05, 3.63) is 42.5 Å². The van der Waals surface area contributed by atoms with Crippen molar-refractivity contribution in [3.63, 3.8) is 0 Å². The Morgan fingerprint density at radius 2 is 1.90 bits per heavy atom. The number of ether oxygens (including phenoxy) is 1. The Morgan fingerprint density at radius 3 is 2.52 bits per heavy atom. The van der Waals surface area contributed by atoms with Crippen molar-refractivity contribution in [2.75, 3.05) is 11.9 Å². The maximum Gasteiger partial charge on any atom is 0.238 e. The molecular formula is C15H18N4OS. The topological polar surface area (TPSA) is 59.1 Å². The predicted octanol–water partition coefficient (Wildman–Crippen LogP) is 3.21. The first-order valence-corrected chi connectivity index (χ1v) is 7.16. The Kier molecular flexibility index (Phi) is 5.45. The standard InChI is InChI=1S/C15H18N4OS/c1-11(2)10-16-15(21)17-13-8-9-14(19-18-13)20-12-6-4-3-5-7-12/h3-9,11H,10H2,1-2H3,(H2,16,17,18,21). The van der Waals surface area contributed by atoms with Crippen molar-refractivity contribution in [3.8, 4) is 11.6 Å². The van der Waals surface area contributed by atoms with E-state index in [2.05, 4.69) is 34.7 Å². The van der Waals surface area contributed by atoms with E-state index in [1.807, 2.05) is 30.3 Å². The van der Waals surface area contributed by atoms with Crippen LogP contribution < -0.4 is 15.4 Å². The summed E-state index contributed by atoms with van der Waals surface area (Å²) < 4.78 is 5.57. The fourth-order valence-electron chi connectivity index (χ4n) is 1.51. The average molecular weight is 302 g/mol. The van der Waals surface area contributed by atoms with Crippen LogP contribution in [-0.4, -0.2) is 21.9 Å². The van der Waals surface area contributed by atoms with Gasteiger partial charge in [0.05, 0.1) is 0 Å². The Balaban J connectivity index is 1.88.